The summed E-state index contributed by atoms with van der Waals surface area (Å²) >= 11 is -2.07. The normalized spacial score (nSPS) is 12.0. The van der Waals surface area contributed by atoms with Crippen molar-refractivity contribution in [3.8, 4) is 22.4 Å². The van der Waals surface area contributed by atoms with Crippen LogP contribution in [0.15, 0.2) is 78.7 Å². The fraction of sp³-hybridized carbons (Fsp3) is 0.273. The first-order valence-electron chi connectivity index (χ1n) is 13.1. The number of benzene rings is 3. The number of carbonyl (C=O) groups is 1. The summed E-state index contributed by atoms with van der Waals surface area (Å²) in [4.78, 5) is 14.2. The van der Waals surface area contributed by atoms with E-state index in [0.717, 1.165) is 22.5 Å². The van der Waals surface area contributed by atoms with Crippen molar-refractivity contribution < 1.29 is 43.2 Å². The monoisotopic (exact) mass is 801 g/mol. The SMILES string of the molecule is CC(=O)/C=C(/C)O.CC(C)c1cc(-c2cc(-c3cc[c]([Ge]([CH3])([CH3])[CH3])cc3)c(C(F)(F)F)cn2)[c-]c2ccccc12.[Ir]. The van der Waals surface area contributed by atoms with Crippen LogP contribution >= 0.6 is 0 Å². The van der Waals surface area contributed by atoms with E-state index in [2.05, 4.69) is 48.2 Å². The van der Waals surface area contributed by atoms with Crippen LogP contribution < -0.4 is 4.40 Å². The molecule has 0 saturated carbocycles. The fourth-order valence-corrected chi connectivity index (χ4v) is 6.83. The van der Waals surface area contributed by atoms with Crippen molar-refractivity contribution in [3.05, 3.63) is 95.9 Å². The van der Waals surface area contributed by atoms with Crippen LogP contribution in [0.4, 0.5) is 13.2 Å². The van der Waals surface area contributed by atoms with Crippen LogP contribution in [0.2, 0.25) is 17.3 Å². The summed E-state index contributed by atoms with van der Waals surface area (Å²) in [6, 6.07) is 22.5. The number of allylic oxidation sites excluding steroid dienone is 2. The molecule has 0 aliphatic rings. The molecule has 41 heavy (non-hydrogen) atoms. The second kappa shape index (κ2) is 14.0. The molecule has 1 heterocycles. The summed E-state index contributed by atoms with van der Waals surface area (Å²) in [5.41, 5.74) is 2.29. The van der Waals surface area contributed by atoms with Crippen molar-refractivity contribution >= 4 is 34.2 Å². The number of aliphatic hydroxyl groups is 1. The van der Waals surface area contributed by atoms with E-state index >= 15 is 0 Å². The van der Waals surface area contributed by atoms with Crippen molar-refractivity contribution in [2.24, 2.45) is 0 Å². The number of hydrogen-bond donors (Lipinski definition) is 1. The van der Waals surface area contributed by atoms with Gasteiger partial charge >= 0.3 is 190 Å². The molecule has 1 aromatic heterocycles. The molecule has 0 aliphatic carbocycles. The molecule has 8 heteroatoms. The molecule has 3 aromatic carbocycles. The molecular formula is C33H35F3GeIrNO2-. The molecule has 3 nitrogen and oxygen atoms in total. The van der Waals surface area contributed by atoms with Gasteiger partial charge in [0.15, 0.2) is 5.78 Å². The number of fused-ring (bicyclic) bond motifs is 1. The van der Waals surface area contributed by atoms with Crippen molar-refractivity contribution in [1.82, 2.24) is 4.98 Å². The molecule has 0 fully saturated rings. The summed E-state index contributed by atoms with van der Waals surface area (Å²) < 4.78 is 42.9. The van der Waals surface area contributed by atoms with E-state index in [1.807, 2.05) is 48.5 Å². The maximum atomic E-state index is 13.9. The standard InChI is InChI=1S/C28H27F3GeN.C5H8O2.Ir/c1-18(2)24-15-21(14-20-8-6-7-9-23(20)24)27-16-25(26(17-33-27)28(29,30)31)19-10-12-22(13-11-19)32(3,4)5;1-4(6)3-5(2)7;/h6-13,15-18H,1-5H3;3,6H,1-2H3;/q-1;;/b;4-3-;. The number of hydrogen-bond acceptors (Lipinski definition) is 3. The van der Waals surface area contributed by atoms with Gasteiger partial charge in [-0.3, -0.25) is 4.79 Å². The van der Waals surface area contributed by atoms with E-state index in [4.69, 9.17) is 5.11 Å². The summed E-state index contributed by atoms with van der Waals surface area (Å²) in [5.74, 6) is 6.99. The number of alkyl halides is 3. The molecular weight excluding hydrogens is 764 g/mol. The van der Waals surface area contributed by atoms with Gasteiger partial charge in [-0.15, -0.1) is 0 Å². The van der Waals surface area contributed by atoms with Crippen LogP contribution in [0.25, 0.3) is 33.2 Å². The smallest absolute Gasteiger partial charge is 0 e. The molecule has 1 radical (unpaired) electrons. The molecule has 4 rings (SSSR count). The van der Waals surface area contributed by atoms with E-state index < -0.39 is 25.0 Å². The predicted molar refractivity (Wildman–Crippen MR) is 161 cm³/mol. The van der Waals surface area contributed by atoms with E-state index in [1.54, 1.807) is 6.07 Å². The van der Waals surface area contributed by atoms with Gasteiger partial charge in [-0.2, -0.15) is 0 Å². The topological polar surface area (TPSA) is 50.2 Å². The van der Waals surface area contributed by atoms with Crippen LogP contribution in [0.3, 0.4) is 0 Å². The Kier molecular flexibility index (Phi) is 11.7. The van der Waals surface area contributed by atoms with E-state index in [9.17, 15) is 18.0 Å². The summed E-state index contributed by atoms with van der Waals surface area (Å²) in [6.45, 7) is 7.07. The zero-order valence-electron chi connectivity index (χ0n) is 24.3. The van der Waals surface area contributed by atoms with Gasteiger partial charge in [0.2, 0.25) is 0 Å². The van der Waals surface area contributed by atoms with Crippen molar-refractivity contribution in [3.63, 3.8) is 0 Å². The number of ketones is 1. The number of halogens is 3. The summed E-state index contributed by atoms with van der Waals surface area (Å²) in [6.07, 6.45) is -2.37. The number of aliphatic hydroxyl groups excluding tert-OH is 1. The molecule has 219 valence electrons. The quantitative estimate of drug-likeness (QED) is 0.0950. The minimum absolute atomic E-state index is 0. The van der Waals surface area contributed by atoms with Gasteiger partial charge in [-0.1, -0.05) is 6.07 Å². The molecule has 0 spiro atoms. The second-order valence-corrected chi connectivity index (χ2v) is 21.8. The van der Waals surface area contributed by atoms with Gasteiger partial charge in [0.1, 0.15) is 0 Å². The molecule has 0 unspecified atom stereocenters. The summed E-state index contributed by atoms with van der Waals surface area (Å²) in [5, 5.41) is 10.4. The van der Waals surface area contributed by atoms with Gasteiger partial charge in [-0.05, 0) is 13.8 Å². The van der Waals surface area contributed by atoms with Crippen LogP contribution in [0.5, 0.6) is 0 Å². The summed E-state index contributed by atoms with van der Waals surface area (Å²) in [7, 11) is 0. The average Bonchev–Trinajstić information content (AvgIpc) is 2.86. The minimum Gasteiger partial charge on any atom is 0 e. The molecule has 0 saturated heterocycles. The molecule has 4 aromatic rings. The Balaban J connectivity index is 0.000000655. The third-order valence-corrected chi connectivity index (χ3v) is 10.7. The first-order chi connectivity index (χ1) is 18.6. The fourth-order valence-electron chi connectivity index (χ4n) is 4.39. The zero-order chi connectivity index (χ0) is 29.8. The molecule has 0 atom stereocenters. The third kappa shape index (κ3) is 9.12. The Morgan fingerprint density at radius 2 is 1.61 bits per heavy atom. The Hall–Kier alpha value is -2.74. The third-order valence-electron chi connectivity index (χ3n) is 6.39. The van der Waals surface area contributed by atoms with Gasteiger partial charge in [-0.25, -0.2) is 0 Å². The molecule has 0 aliphatic heterocycles. The van der Waals surface area contributed by atoms with Crippen LogP contribution in [0, 0.1) is 6.07 Å². The Labute approximate surface area is 256 Å². The largest absolute Gasteiger partial charge is 0 e. The van der Waals surface area contributed by atoms with Gasteiger partial charge in [0.05, 0.1) is 5.76 Å². The first-order valence-corrected chi connectivity index (χ1v) is 20.4. The molecule has 0 amide bonds. The first kappa shape index (κ1) is 34.5. The molecule has 0 bridgehead atoms. The van der Waals surface area contributed by atoms with E-state index in [0.29, 0.717) is 16.8 Å². The van der Waals surface area contributed by atoms with Gasteiger partial charge < -0.3 is 5.11 Å². The van der Waals surface area contributed by atoms with Crippen LogP contribution in [0.1, 0.15) is 44.7 Å². The van der Waals surface area contributed by atoms with Crippen molar-refractivity contribution in [2.75, 3.05) is 0 Å². The minimum atomic E-state index is -4.49. The maximum absolute atomic E-state index is 13.9. The van der Waals surface area contributed by atoms with Gasteiger partial charge in [0, 0.05) is 26.2 Å². The number of carbonyl (C=O) groups excluding carboxylic acids is 1. The molecule has 1 N–H and O–H groups in total. The Bertz CT molecular complexity index is 1540. The van der Waals surface area contributed by atoms with Gasteiger partial charge in [0.25, 0.3) is 0 Å². The zero-order valence-corrected chi connectivity index (χ0v) is 28.8. The number of nitrogens with zero attached hydrogens (tertiary/aromatic N) is 1. The average molecular weight is 799 g/mol. The maximum Gasteiger partial charge on any atom is 0 e. The Morgan fingerprint density at radius 3 is 2.10 bits per heavy atom. The van der Waals surface area contributed by atoms with Crippen LogP contribution in [-0.4, -0.2) is 29.1 Å². The van der Waals surface area contributed by atoms with Crippen molar-refractivity contribution in [2.45, 2.75) is 57.1 Å². The second-order valence-electron chi connectivity index (χ2n) is 11.2. The number of pyridine rings is 1. The predicted octanol–water partition coefficient (Wildman–Crippen LogP) is 9.09. The number of aromatic nitrogens is 1. The van der Waals surface area contributed by atoms with E-state index in [-0.39, 0.29) is 43.1 Å². The van der Waals surface area contributed by atoms with Crippen LogP contribution in [-0.2, 0) is 31.1 Å². The Morgan fingerprint density at radius 1 is 1.00 bits per heavy atom. The van der Waals surface area contributed by atoms with Crippen molar-refractivity contribution in [1.29, 1.82) is 0 Å². The van der Waals surface area contributed by atoms with E-state index in [1.165, 1.54) is 24.3 Å². The number of rotatable bonds is 5.